The summed E-state index contributed by atoms with van der Waals surface area (Å²) >= 11 is 0. The van der Waals surface area contributed by atoms with Gasteiger partial charge < -0.3 is 37.4 Å². The van der Waals surface area contributed by atoms with E-state index in [1.807, 2.05) is 79.4 Å². The van der Waals surface area contributed by atoms with Crippen LogP contribution in [0.1, 0.15) is 89.2 Å². The van der Waals surface area contributed by atoms with E-state index in [0.29, 0.717) is 58.2 Å². The molecule has 1 saturated carbocycles. The average Bonchev–Trinajstić information content (AvgIpc) is 3.67. The van der Waals surface area contributed by atoms with Crippen LogP contribution in [-0.2, 0) is 36.8 Å². The third-order valence-electron chi connectivity index (χ3n) is 12.0. The van der Waals surface area contributed by atoms with Crippen LogP contribution in [0.3, 0.4) is 0 Å². The molecule has 5 atom stereocenters. The van der Waals surface area contributed by atoms with Crippen LogP contribution >= 0.6 is 0 Å². The third kappa shape index (κ3) is 11.6. The van der Waals surface area contributed by atoms with Crippen molar-refractivity contribution in [2.45, 2.75) is 127 Å². The van der Waals surface area contributed by atoms with E-state index < -0.39 is 53.9 Å². The second-order valence-corrected chi connectivity index (χ2v) is 16.7. The van der Waals surface area contributed by atoms with E-state index in [1.165, 1.54) is 0 Å². The Morgan fingerprint density at radius 2 is 1.36 bits per heavy atom. The van der Waals surface area contributed by atoms with Crippen molar-refractivity contribution in [1.82, 2.24) is 25.8 Å². The Bertz CT molecular complexity index is 1610. The normalized spacial score (nSPS) is 20.4. The SMILES string of the molecule is CC(C)C[C@@H](NC(=O)[C@@H](Cc1ccccc1)NC(=O)[C@H](N)Cc1ccccc1)C(=O)N[C@H](CCCCN)C(=O)N1CCC2(CC1)CC(N1CCC[C@@H]1C(=O)O)C2. The summed E-state index contributed by atoms with van der Waals surface area (Å²) in [6.07, 6.45) is 7.83. The van der Waals surface area contributed by atoms with Gasteiger partial charge in [0.2, 0.25) is 23.6 Å². The summed E-state index contributed by atoms with van der Waals surface area (Å²) in [4.78, 5) is 71.3. The van der Waals surface area contributed by atoms with Gasteiger partial charge >= 0.3 is 5.97 Å². The number of nitrogens with two attached hydrogens (primary N) is 2. The second-order valence-electron chi connectivity index (χ2n) is 16.7. The standard InChI is InChI=1S/C43H63N7O6/c1-29(2)24-35(48-40(53)36(26-31-14-7-4-8-15-31)47-38(51)33(45)25-30-12-5-3-6-13-30)39(52)46-34(16-9-10-20-44)41(54)49-22-18-43(19-23-49)27-32(28-43)50-21-11-17-37(50)42(55)56/h3-8,12-15,29,32-37H,9-11,16-28,44-45H2,1-2H3,(H,46,52)(H,47,51)(H,48,53)(H,55,56)/t33-,34-,35-,36-,37-/m1/s1. The summed E-state index contributed by atoms with van der Waals surface area (Å²) in [5.74, 6) is -2.26. The maximum Gasteiger partial charge on any atom is 0.320 e. The lowest BCUT2D eigenvalue weighted by atomic mass is 9.60. The van der Waals surface area contributed by atoms with Crippen molar-refractivity contribution < 1.29 is 29.1 Å². The lowest BCUT2D eigenvalue weighted by molar-refractivity contribution is -0.147. The molecule has 5 rings (SSSR count). The quantitative estimate of drug-likeness (QED) is 0.116. The molecule has 1 aliphatic carbocycles. The molecule has 2 aliphatic heterocycles. The van der Waals surface area contributed by atoms with E-state index in [2.05, 4.69) is 20.9 Å². The number of aliphatic carboxylic acids is 1. The van der Waals surface area contributed by atoms with Crippen LogP contribution in [-0.4, -0.2) is 107 Å². The predicted octanol–water partition coefficient (Wildman–Crippen LogP) is 2.75. The van der Waals surface area contributed by atoms with Gasteiger partial charge in [-0.1, -0.05) is 74.5 Å². The Morgan fingerprint density at radius 1 is 0.786 bits per heavy atom. The zero-order valence-electron chi connectivity index (χ0n) is 33.2. The smallest absolute Gasteiger partial charge is 0.320 e. The Labute approximate surface area is 331 Å². The van der Waals surface area contributed by atoms with E-state index in [4.69, 9.17) is 11.5 Å². The summed E-state index contributed by atoms with van der Waals surface area (Å²) in [6, 6.07) is 15.1. The van der Waals surface area contributed by atoms with Gasteiger partial charge in [-0.25, -0.2) is 0 Å². The van der Waals surface area contributed by atoms with Gasteiger partial charge in [0.05, 0.1) is 6.04 Å². The van der Waals surface area contributed by atoms with Gasteiger partial charge in [-0.3, -0.25) is 28.9 Å². The minimum absolute atomic E-state index is 0.0369. The summed E-state index contributed by atoms with van der Waals surface area (Å²) in [6.45, 7) is 6.38. The van der Waals surface area contributed by atoms with Crippen molar-refractivity contribution in [3.63, 3.8) is 0 Å². The van der Waals surface area contributed by atoms with Gasteiger partial charge in [0.25, 0.3) is 0 Å². The number of carbonyl (C=O) groups excluding carboxylic acids is 4. The molecule has 2 aromatic rings. The fourth-order valence-corrected chi connectivity index (χ4v) is 8.79. The minimum atomic E-state index is -0.997. The zero-order valence-corrected chi connectivity index (χ0v) is 33.2. The van der Waals surface area contributed by atoms with Crippen LogP contribution in [0.4, 0.5) is 0 Å². The first-order chi connectivity index (χ1) is 26.9. The number of rotatable bonds is 19. The molecule has 3 aliphatic rings. The molecule has 0 bridgehead atoms. The number of benzene rings is 2. The molecule has 2 aromatic carbocycles. The summed E-state index contributed by atoms with van der Waals surface area (Å²) in [7, 11) is 0. The molecule has 56 heavy (non-hydrogen) atoms. The van der Waals surface area contributed by atoms with Crippen molar-refractivity contribution >= 4 is 29.6 Å². The van der Waals surface area contributed by atoms with E-state index >= 15 is 0 Å². The maximum atomic E-state index is 14.1. The summed E-state index contributed by atoms with van der Waals surface area (Å²) in [5.41, 5.74) is 14.0. The van der Waals surface area contributed by atoms with Crippen LogP contribution < -0.4 is 27.4 Å². The number of carbonyl (C=O) groups is 5. The van der Waals surface area contributed by atoms with Crippen LogP contribution in [0.2, 0.25) is 0 Å². The Hall–Kier alpha value is -4.33. The van der Waals surface area contributed by atoms with Gasteiger partial charge in [-0.05, 0) is 106 Å². The molecule has 306 valence electrons. The number of carboxylic acid groups (broad SMARTS) is 1. The van der Waals surface area contributed by atoms with E-state index in [9.17, 15) is 29.1 Å². The van der Waals surface area contributed by atoms with E-state index in [0.717, 1.165) is 49.8 Å². The van der Waals surface area contributed by atoms with Crippen LogP contribution in [0.5, 0.6) is 0 Å². The monoisotopic (exact) mass is 773 g/mol. The average molecular weight is 774 g/mol. The minimum Gasteiger partial charge on any atom is -0.480 e. The topological polar surface area (TPSA) is 200 Å². The molecule has 0 aromatic heterocycles. The first kappa shape index (κ1) is 42.8. The number of hydrogen-bond donors (Lipinski definition) is 6. The first-order valence-corrected chi connectivity index (χ1v) is 20.6. The molecule has 2 saturated heterocycles. The Morgan fingerprint density at radius 3 is 1.95 bits per heavy atom. The molecular formula is C43H63N7O6. The Balaban J connectivity index is 1.22. The lowest BCUT2D eigenvalue weighted by Crippen LogP contribution is -2.60. The van der Waals surface area contributed by atoms with Crippen molar-refractivity contribution in [1.29, 1.82) is 0 Å². The molecule has 13 heteroatoms. The van der Waals surface area contributed by atoms with Gasteiger partial charge in [0.1, 0.15) is 24.2 Å². The molecule has 2 heterocycles. The first-order valence-electron chi connectivity index (χ1n) is 20.6. The largest absolute Gasteiger partial charge is 0.480 e. The van der Waals surface area contributed by atoms with E-state index in [-0.39, 0.29) is 29.7 Å². The van der Waals surface area contributed by atoms with Crippen molar-refractivity contribution in [3.8, 4) is 0 Å². The number of unbranched alkanes of at least 4 members (excludes halogenated alkanes) is 1. The maximum absolute atomic E-state index is 14.1. The number of piperidine rings is 1. The van der Waals surface area contributed by atoms with Crippen LogP contribution in [0.25, 0.3) is 0 Å². The molecule has 1 spiro atoms. The highest BCUT2D eigenvalue weighted by molar-refractivity contribution is 5.95. The van der Waals surface area contributed by atoms with Crippen LogP contribution in [0, 0.1) is 11.3 Å². The zero-order chi connectivity index (χ0) is 40.2. The molecule has 0 unspecified atom stereocenters. The van der Waals surface area contributed by atoms with Gasteiger partial charge in [-0.2, -0.15) is 0 Å². The number of nitrogens with zero attached hydrogens (tertiary/aromatic N) is 2. The molecular weight excluding hydrogens is 711 g/mol. The van der Waals surface area contributed by atoms with Crippen molar-refractivity contribution in [3.05, 3.63) is 71.8 Å². The number of nitrogens with one attached hydrogen (secondary N) is 3. The number of likely N-dealkylation sites (tertiary alicyclic amines) is 2. The molecule has 13 nitrogen and oxygen atoms in total. The van der Waals surface area contributed by atoms with E-state index in [1.54, 1.807) is 0 Å². The second kappa shape index (κ2) is 20.2. The Kier molecular flexibility index (Phi) is 15.4. The van der Waals surface area contributed by atoms with Gasteiger partial charge in [0.15, 0.2) is 0 Å². The van der Waals surface area contributed by atoms with Crippen LogP contribution in [0.15, 0.2) is 60.7 Å². The lowest BCUT2D eigenvalue weighted by Gasteiger charge is -2.55. The van der Waals surface area contributed by atoms with Gasteiger partial charge in [0, 0.05) is 25.6 Å². The highest BCUT2D eigenvalue weighted by Crippen LogP contribution is 2.52. The number of hydrogen-bond acceptors (Lipinski definition) is 8. The van der Waals surface area contributed by atoms with Crippen molar-refractivity contribution in [2.24, 2.45) is 22.8 Å². The number of amides is 4. The third-order valence-corrected chi connectivity index (χ3v) is 12.0. The molecule has 0 radical (unpaired) electrons. The highest BCUT2D eigenvalue weighted by Gasteiger charge is 2.51. The molecule has 4 amide bonds. The fraction of sp³-hybridized carbons (Fsp3) is 0.605. The molecule has 3 fully saturated rings. The highest BCUT2D eigenvalue weighted by atomic mass is 16.4. The van der Waals surface area contributed by atoms with Crippen molar-refractivity contribution in [2.75, 3.05) is 26.2 Å². The fourth-order valence-electron chi connectivity index (χ4n) is 8.79. The summed E-state index contributed by atoms with van der Waals surface area (Å²) < 4.78 is 0. The predicted molar refractivity (Wildman–Crippen MR) is 215 cm³/mol. The number of carboxylic acids is 1. The summed E-state index contributed by atoms with van der Waals surface area (Å²) in [5, 5.41) is 18.5. The molecule has 8 N–H and O–H groups in total. The van der Waals surface area contributed by atoms with Gasteiger partial charge in [-0.15, -0.1) is 0 Å².